The molecule has 1 aromatic rings. The van der Waals surface area contributed by atoms with Gasteiger partial charge in [0.05, 0.1) is 11.6 Å². The predicted octanol–water partition coefficient (Wildman–Crippen LogP) is 2.44. The molecule has 74 valence electrons. The van der Waals surface area contributed by atoms with Crippen molar-refractivity contribution in [3.8, 4) is 0 Å². The van der Waals surface area contributed by atoms with Crippen molar-refractivity contribution in [1.29, 1.82) is 0 Å². The Bertz CT molecular complexity index is 257. The van der Waals surface area contributed by atoms with Crippen molar-refractivity contribution in [1.82, 2.24) is 4.98 Å². The third-order valence-electron chi connectivity index (χ3n) is 1.91. The summed E-state index contributed by atoms with van der Waals surface area (Å²) in [6, 6.07) is 0. The molecule has 0 fully saturated rings. The molecule has 0 aliphatic heterocycles. The van der Waals surface area contributed by atoms with Gasteiger partial charge in [-0.25, -0.2) is 4.98 Å². The summed E-state index contributed by atoms with van der Waals surface area (Å²) < 4.78 is 0. The van der Waals surface area contributed by atoms with Crippen molar-refractivity contribution in [2.45, 2.75) is 33.1 Å². The molecule has 0 saturated heterocycles. The van der Waals surface area contributed by atoms with E-state index in [0.29, 0.717) is 5.92 Å². The standard InChI is InChI=1S/C10H17NOS/c1-7(2)4-10-11-5-9(13-10)8(3)6-12/h5,7-8,12H,4,6H2,1-3H3. The van der Waals surface area contributed by atoms with Crippen molar-refractivity contribution in [2.24, 2.45) is 5.92 Å². The molecular formula is C10H17NOS. The molecule has 1 heterocycles. The van der Waals surface area contributed by atoms with Crippen molar-refractivity contribution in [2.75, 3.05) is 6.61 Å². The lowest BCUT2D eigenvalue weighted by Gasteiger charge is -2.02. The van der Waals surface area contributed by atoms with Crippen LogP contribution < -0.4 is 0 Å². The number of nitrogens with zero attached hydrogens (tertiary/aromatic N) is 1. The van der Waals surface area contributed by atoms with E-state index in [2.05, 4.69) is 18.8 Å². The summed E-state index contributed by atoms with van der Waals surface area (Å²) in [7, 11) is 0. The fraction of sp³-hybridized carbons (Fsp3) is 0.700. The highest BCUT2D eigenvalue weighted by molar-refractivity contribution is 7.11. The molecule has 1 N–H and O–H groups in total. The summed E-state index contributed by atoms with van der Waals surface area (Å²) in [5.41, 5.74) is 0. The van der Waals surface area contributed by atoms with Gasteiger partial charge in [0.1, 0.15) is 0 Å². The van der Waals surface area contributed by atoms with Crippen LogP contribution in [0.1, 0.15) is 36.6 Å². The first kappa shape index (κ1) is 10.7. The first-order valence-electron chi connectivity index (χ1n) is 4.69. The van der Waals surface area contributed by atoms with E-state index >= 15 is 0 Å². The highest BCUT2D eigenvalue weighted by Gasteiger charge is 2.09. The average Bonchev–Trinajstić information content (AvgIpc) is 2.50. The Morgan fingerprint density at radius 1 is 1.46 bits per heavy atom. The average molecular weight is 199 g/mol. The van der Waals surface area contributed by atoms with Gasteiger partial charge in [-0.15, -0.1) is 11.3 Å². The molecule has 13 heavy (non-hydrogen) atoms. The normalized spacial score (nSPS) is 13.6. The van der Waals surface area contributed by atoms with Crippen molar-refractivity contribution in [3.05, 3.63) is 16.1 Å². The smallest absolute Gasteiger partial charge is 0.0930 e. The minimum Gasteiger partial charge on any atom is -0.396 e. The van der Waals surface area contributed by atoms with Crippen LogP contribution in [-0.2, 0) is 6.42 Å². The molecule has 2 nitrogen and oxygen atoms in total. The van der Waals surface area contributed by atoms with Gasteiger partial charge in [-0.3, -0.25) is 0 Å². The monoisotopic (exact) mass is 199 g/mol. The topological polar surface area (TPSA) is 33.1 Å². The van der Waals surface area contributed by atoms with E-state index in [1.165, 1.54) is 9.88 Å². The van der Waals surface area contributed by atoms with E-state index < -0.39 is 0 Å². The zero-order chi connectivity index (χ0) is 9.84. The van der Waals surface area contributed by atoms with Crippen LogP contribution in [0.4, 0.5) is 0 Å². The number of hydrogen-bond acceptors (Lipinski definition) is 3. The van der Waals surface area contributed by atoms with E-state index in [0.717, 1.165) is 6.42 Å². The van der Waals surface area contributed by atoms with Crippen molar-refractivity contribution < 1.29 is 5.11 Å². The Labute approximate surface area is 83.6 Å². The number of rotatable bonds is 4. The van der Waals surface area contributed by atoms with Crippen LogP contribution in [-0.4, -0.2) is 16.7 Å². The van der Waals surface area contributed by atoms with Gasteiger partial charge in [0.15, 0.2) is 0 Å². The number of hydrogen-bond donors (Lipinski definition) is 1. The Balaban J connectivity index is 2.63. The lowest BCUT2D eigenvalue weighted by atomic mass is 10.1. The molecule has 1 atom stereocenters. The van der Waals surface area contributed by atoms with Crippen LogP contribution in [0.5, 0.6) is 0 Å². The van der Waals surface area contributed by atoms with E-state index in [1.54, 1.807) is 11.3 Å². The maximum absolute atomic E-state index is 8.96. The van der Waals surface area contributed by atoms with E-state index in [4.69, 9.17) is 5.11 Å². The molecule has 0 radical (unpaired) electrons. The summed E-state index contributed by atoms with van der Waals surface area (Å²) in [4.78, 5) is 5.53. The summed E-state index contributed by atoms with van der Waals surface area (Å²) in [5, 5.41) is 10.1. The first-order valence-corrected chi connectivity index (χ1v) is 5.50. The molecule has 0 spiro atoms. The molecule has 0 bridgehead atoms. The minimum absolute atomic E-state index is 0.212. The number of aliphatic hydroxyl groups is 1. The highest BCUT2D eigenvalue weighted by Crippen LogP contribution is 2.23. The first-order chi connectivity index (χ1) is 6.13. The van der Waals surface area contributed by atoms with Crippen LogP contribution in [0, 0.1) is 5.92 Å². The highest BCUT2D eigenvalue weighted by atomic mass is 32.1. The van der Waals surface area contributed by atoms with Gasteiger partial charge in [0.2, 0.25) is 0 Å². The Morgan fingerprint density at radius 3 is 2.69 bits per heavy atom. The third-order valence-corrected chi connectivity index (χ3v) is 3.17. The molecule has 1 rings (SSSR count). The molecular weight excluding hydrogens is 182 g/mol. The Kier molecular flexibility index (Phi) is 3.88. The van der Waals surface area contributed by atoms with Crippen LogP contribution >= 0.6 is 11.3 Å². The van der Waals surface area contributed by atoms with Gasteiger partial charge in [-0.1, -0.05) is 20.8 Å². The second-order valence-corrected chi connectivity index (χ2v) is 4.98. The zero-order valence-corrected chi connectivity index (χ0v) is 9.27. The Morgan fingerprint density at radius 2 is 2.15 bits per heavy atom. The summed E-state index contributed by atoms with van der Waals surface area (Å²) in [6.45, 7) is 6.61. The molecule has 3 heteroatoms. The van der Waals surface area contributed by atoms with E-state index in [9.17, 15) is 0 Å². The molecule has 0 amide bonds. The third kappa shape index (κ3) is 3.08. The quantitative estimate of drug-likeness (QED) is 0.808. The van der Waals surface area contributed by atoms with Crippen LogP contribution in [0.3, 0.4) is 0 Å². The second kappa shape index (κ2) is 4.72. The zero-order valence-electron chi connectivity index (χ0n) is 8.45. The minimum atomic E-state index is 0.212. The molecule has 1 aromatic heterocycles. The lowest BCUT2D eigenvalue weighted by molar-refractivity contribution is 0.274. The van der Waals surface area contributed by atoms with Gasteiger partial charge in [-0.05, 0) is 5.92 Å². The van der Waals surface area contributed by atoms with Crippen LogP contribution in [0.2, 0.25) is 0 Å². The van der Waals surface area contributed by atoms with Crippen LogP contribution in [0.15, 0.2) is 6.20 Å². The SMILES string of the molecule is CC(C)Cc1ncc(C(C)CO)s1. The second-order valence-electron chi connectivity index (χ2n) is 3.84. The Hall–Kier alpha value is -0.410. The van der Waals surface area contributed by atoms with Gasteiger partial charge in [0.25, 0.3) is 0 Å². The lowest BCUT2D eigenvalue weighted by Crippen LogP contribution is -1.95. The predicted molar refractivity (Wildman–Crippen MR) is 56.2 cm³/mol. The van der Waals surface area contributed by atoms with E-state index in [-0.39, 0.29) is 12.5 Å². The molecule has 0 aliphatic rings. The summed E-state index contributed by atoms with van der Waals surface area (Å²) in [6.07, 6.45) is 2.94. The van der Waals surface area contributed by atoms with Gasteiger partial charge in [-0.2, -0.15) is 0 Å². The summed E-state index contributed by atoms with van der Waals surface area (Å²) >= 11 is 1.72. The fourth-order valence-electron chi connectivity index (χ4n) is 1.09. The maximum Gasteiger partial charge on any atom is 0.0930 e. The number of aromatic nitrogens is 1. The molecule has 1 unspecified atom stereocenters. The largest absolute Gasteiger partial charge is 0.396 e. The van der Waals surface area contributed by atoms with Gasteiger partial charge in [0, 0.05) is 23.4 Å². The number of thiazole rings is 1. The molecule has 0 aromatic carbocycles. The van der Waals surface area contributed by atoms with Crippen LogP contribution in [0.25, 0.3) is 0 Å². The summed E-state index contributed by atoms with van der Waals surface area (Å²) in [5.74, 6) is 0.891. The van der Waals surface area contributed by atoms with Gasteiger partial charge < -0.3 is 5.11 Å². The van der Waals surface area contributed by atoms with Crippen molar-refractivity contribution in [3.63, 3.8) is 0 Å². The van der Waals surface area contributed by atoms with Crippen molar-refractivity contribution >= 4 is 11.3 Å². The molecule has 0 saturated carbocycles. The molecule has 0 aliphatic carbocycles. The number of aliphatic hydroxyl groups excluding tert-OH is 1. The van der Waals surface area contributed by atoms with E-state index in [1.807, 2.05) is 13.1 Å². The maximum atomic E-state index is 8.96. The fourth-order valence-corrected chi connectivity index (χ4v) is 2.26. The van der Waals surface area contributed by atoms with Gasteiger partial charge >= 0.3 is 0 Å².